The molecule has 1 rings (SSSR count). The minimum absolute atomic E-state index is 0.225. The normalized spacial score (nSPS) is 13.6. The molecule has 0 radical (unpaired) electrons. The molecule has 1 unspecified atom stereocenters. The number of halogens is 3. The molecule has 0 saturated heterocycles. The van der Waals surface area contributed by atoms with Gasteiger partial charge in [-0.25, -0.2) is 0 Å². The molecular weight excluding hydrogens is 221 g/mol. The van der Waals surface area contributed by atoms with Crippen molar-refractivity contribution in [1.29, 1.82) is 0 Å². The minimum Gasteiger partial charge on any atom is -0.496 e. The van der Waals surface area contributed by atoms with Crippen LogP contribution in [0.2, 0.25) is 0 Å². The lowest BCUT2D eigenvalue weighted by Crippen LogP contribution is -2.08. The summed E-state index contributed by atoms with van der Waals surface area (Å²) in [6, 6.07) is 3.25. The summed E-state index contributed by atoms with van der Waals surface area (Å²) in [6.07, 6.45) is -4.38. The predicted octanol–water partition coefficient (Wildman–Crippen LogP) is 2.81. The molecule has 16 heavy (non-hydrogen) atoms. The number of hydrogen-bond acceptors (Lipinski definition) is 2. The largest absolute Gasteiger partial charge is 0.496 e. The maximum absolute atomic E-state index is 12.5. The molecule has 0 amide bonds. The van der Waals surface area contributed by atoms with E-state index >= 15 is 0 Å². The Kier molecular flexibility index (Phi) is 3.80. The predicted molar refractivity (Wildman–Crippen MR) is 53.5 cm³/mol. The van der Waals surface area contributed by atoms with Crippen LogP contribution in [-0.4, -0.2) is 18.8 Å². The number of rotatable bonds is 3. The van der Waals surface area contributed by atoms with E-state index in [2.05, 4.69) is 0 Å². The summed E-state index contributed by atoms with van der Waals surface area (Å²) >= 11 is 0. The fourth-order valence-electron chi connectivity index (χ4n) is 1.39. The average Bonchev–Trinajstić information content (AvgIpc) is 2.25. The first-order valence-electron chi connectivity index (χ1n) is 4.76. The van der Waals surface area contributed by atoms with E-state index in [-0.39, 0.29) is 6.61 Å². The quantitative estimate of drug-likeness (QED) is 0.871. The molecule has 0 saturated carbocycles. The third kappa shape index (κ3) is 2.66. The van der Waals surface area contributed by atoms with Crippen molar-refractivity contribution >= 4 is 0 Å². The van der Waals surface area contributed by atoms with Crippen LogP contribution in [-0.2, 0) is 6.18 Å². The van der Waals surface area contributed by atoms with Gasteiger partial charge in [0.2, 0.25) is 0 Å². The molecule has 0 aliphatic rings. The minimum atomic E-state index is -4.38. The number of benzene rings is 1. The molecule has 0 fully saturated rings. The van der Waals surface area contributed by atoms with E-state index in [1.165, 1.54) is 13.2 Å². The highest BCUT2D eigenvalue weighted by atomic mass is 19.4. The molecule has 1 N–H and O–H groups in total. The van der Waals surface area contributed by atoms with Gasteiger partial charge in [-0.2, -0.15) is 13.2 Å². The highest BCUT2D eigenvalue weighted by Crippen LogP contribution is 2.35. The molecule has 1 aromatic carbocycles. The molecule has 5 heteroatoms. The van der Waals surface area contributed by atoms with E-state index in [1.54, 1.807) is 6.92 Å². The van der Waals surface area contributed by atoms with Gasteiger partial charge in [0.25, 0.3) is 0 Å². The highest BCUT2D eigenvalue weighted by molar-refractivity contribution is 5.40. The first kappa shape index (κ1) is 12.8. The lowest BCUT2D eigenvalue weighted by molar-refractivity contribution is -0.137. The van der Waals surface area contributed by atoms with E-state index in [1.807, 2.05) is 0 Å². The number of hydrogen-bond donors (Lipinski definition) is 1. The van der Waals surface area contributed by atoms with E-state index in [0.717, 1.165) is 12.1 Å². The second kappa shape index (κ2) is 4.74. The number of alkyl halides is 3. The van der Waals surface area contributed by atoms with Crippen LogP contribution in [0.3, 0.4) is 0 Å². The van der Waals surface area contributed by atoms with Gasteiger partial charge < -0.3 is 9.84 Å². The maximum atomic E-state index is 12.5. The smallest absolute Gasteiger partial charge is 0.416 e. The summed E-state index contributed by atoms with van der Waals surface area (Å²) in [5.74, 6) is -0.0354. The molecule has 1 aromatic rings. The van der Waals surface area contributed by atoms with Gasteiger partial charge in [-0.3, -0.25) is 0 Å². The molecule has 2 nitrogen and oxygen atoms in total. The van der Waals surface area contributed by atoms with Crippen LogP contribution in [0.4, 0.5) is 13.2 Å². The van der Waals surface area contributed by atoms with Crippen LogP contribution in [0.25, 0.3) is 0 Å². The SMILES string of the molecule is COc1ccc(C(F)(F)F)cc1C(C)CO. The maximum Gasteiger partial charge on any atom is 0.416 e. The van der Waals surface area contributed by atoms with E-state index < -0.39 is 17.7 Å². The highest BCUT2D eigenvalue weighted by Gasteiger charge is 2.31. The monoisotopic (exact) mass is 234 g/mol. The molecule has 90 valence electrons. The van der Waals surface area contributed by atoms with Gasteiger partial charge in [-0.15, -0.1) is 0 Å². The summed E-state index contributed by atoms with van der Waals surface area (Å²) in [5, 5.41) is 8.97. The third-order valence-electron chi connectivity index (χ3n) is 2.36. The number of aliphatic hydroxyl groups excluding tert-OH is 1. The van der Waals surface area contributed by atoms with E-state index in [9.17, 15) is 13.2 Å². The van der Waals surface area contributed by atoms with Crippen molar-refractivity contribution in [3.63, 3.8) is 0 Å². The van der Waals surface area contributed by atoms with Crippen LogP contribution in [0.1, 0.15) is 24.0 Å². The van der Waals surface area contributed by atoms with Crippen LogP contribution < -0.4 is 4.74 Å². The number of aliphatic hydroxyl groups is 1. The standard InChI is InChI=1S/C11H13F3O2/c1-7(6-15)9-5-8(11(12,13)14)3-4-10(9)16-2/h3-5,7,15H,6H2,1-2H3. The zero-order valence-corrected chi connectivity index (χ0v) is 9.01. The molecule has 0 aliphatic carbocycles. The number of ether oxygens (including phenoxy) is 1. The topological polar surface area (TPSA) is 29.5 Å². The Bertz CT molecular complexity index is 361. The lowest BCUT2D eigenvalue weighted by atomic mass is 9.98. The van der Waals surface area contributed by atoms with Crippen molar-refractivity contribution < 1.29 is 23.0 Å². The average molecular weight is 234 g/mol. The Morgan fingerprint density at radius 1 is 1.38 bits per heavy atom. The van der Waals surface area contributed by atoms with Gasteiger partial charge in [0.05, 0.1) is 12.7 Å². The van der Waals surface area contributed by atoms with Gasteiger partial charge in [0.15, 0.2) is 0 Å². The van der Waals surface area contributed by atoms with Gasteiger partial charge in [0, 0.05) is 12.5 Å². The summed E-state index contributed by atoms with van der Waals surface area (Å²) in [5.41, 5.74) is -0.372. The van der Waals surface area contributed by atoms with Crippen molar-refractivity contribution in [3.05, 3.63) is 29.3 Å². The molecule has 1 atom stereocenters. The second-order valence-electron chi connectivity index (χ2n) is 3.54. The van der Waals surface area contributed by atoms with E-state index in [0.29, 0.717) is 11.3 Å². The third-order valence-corrected chi connectivity index (χ3v) is 2.36. The van der Waals surface area contributed by atoms with Crippen molar-refractivity contribution in [2.75, 3.05) is 13.7 Å². The molecule has 0 heterocycles. The van der Waals surface area contributed by atoms with Crippen LogP contribution in [0.15, 0.2) is 18.2 Å². The Morgan fingerprint density at radius 2 is 2.00 bits per heavy atom. The fraction of sp³-hybridized carbons (Fsp3) is 0.455. The zero-order chi connectivity index (χ0) is 12.3. The Labute approximate surface area is 91.7 Å². The van der Waals surface area contributed by atoms with Crippen LogP contribution in [0, 0.1) is 0 Å². The lowest BCUT2D eigenvalue weighted by Gasteiger charge is -2.16. The van der Waals surface area contributed by atoms with Crippen LogP contribution in [0.5, 0.6) is 5.75 Å². The van der Waals surface area contributed by atoms with Crippen molar-refractivity contribution in [2.45, 2.75) is 19.0 Å². The molecule has 0 aromatic heterocycles. The van der Waals surface area contributed by atoms with Crippen molar-refractivity contribution in [2.24, 2.45) is 0 Å². The first-order chi connectivity index (χ1) is 7.40. The Morgan fingerprint density at radius 3 is 2.44 bits per heavy atom. The summed E-state index contributed by atoms with van der Waals surface area (Å²) < 4.78 is 42.4. The Hall–Kier alpha value is -1.23. The summed E-state index contributed by atoms with van der Waals surface area (Å²) in [6.45, 7) is 1.41. The van der Waals surface area contributed by atoms with Gasteiger partial charge >= 0.3 is 6.18 Å². The summed E-state index contributed by atoms with van der Waals surface area (Å²) in [4.78, 5) is 0. The van der Waals surface area contributed by atoms with E-state index in [4.69, 9.17) is 9.84 Å². The first-order valence-corrected chi connectivity index (χ1v) is 4.76. The van der Waals surface area contributed by atoms with Gasteiger partial charge in [-0.05, 0) is 23.8 Å². The van der Waals surface area contributed by atoms with Crippen molar-refractivity contribution in [3.8, 4) is 5.75 Å². The summed E-state index contributed by atoms with van der Waals surface area (Å²) in [7, 11) is 1.39. The fourth-order valence-corrected chi connectivity index (χ4v) is 1.39. The van der Waals surface area contributed by atoms with Crippen molar-refractivity contribution in [1.82, 2.24) is 0 Å². The van der Waals surface area contributed by atoms with Crippen LogP contribution >= 0.6 is 0 Å². The zero-order valence-electron chi connectivity index (χ0n) is 9.01. The Balaban J connectivity index is 3.21. The molecular formula is C11H13F3O2. The molecule has 0 spiro atoms. The molecule has 0 bridgehead atoms. The van der Waals surface area contributed by atoms with Gasteiger partial charge in [-0.1, -0.05) is 6.92 Å². The molecule has 0 aliphatic heterocycles. The second-order valence-corrected chi connectivity index (χ2v) is 3.54. The van der Waals surface area contributed by atoms with Gasteiger partial charge in [0.1, 0.15) is 5.75 Å². The number of methoxy groups -OCH3 is 1.